The second-order valence-electron chi connectivity index (χ2n) is 3.64. The van der Waals surface area contributed by atoms with E-state index >= 15 is 0 Å². The number of rotatable bonds is 3. The maximum atomic E-state index is 13.5. The van der Waals surface area contributed by atoms with Crippen LogP contribution in [0.15, 0.2) is 35.5 Å². The van der Waals surface area contributed by atoms with Crippen LogP contribution in [0.3, 0.4) is 0 Å². The Morgan fingerprint density at radius 1 is 1.50 bits per heavy atom. The normalized spacial score (nSPS) is 10.4. The van der Waals surface area contributed by atoms with Gasteiger partial charge in [-0.3, -0.25) is 9.36 Å². The molecule has 1 aromatic carbocycles. The standard InChI is InChI=1S/C12H10FIN2O2/c1-18-11-3-2-8(4-9(11)13)6-16-7-15-5-10(14)12(16)17/h2-5,7H,6H2,1H3. The highest BCUT2D eigenvalue weighted by atomic mass is 127. The van der Waals surface area contributed by atoms with Gasteiger partial charge in [0.1, 0.15) is 0 Å². The summed E-state index contributed by atoms with van der Waals surface area (Å²) in [6.45, 7) is 0.281. The summed E-state index contributed by atoms with van der Waals surface area (Å²) in [5.41, 5.74) is 0.543. The molecule has 2 rings (SSSR count). The van der Waals surface area contributed by atoms with Gasteiger partial charge in [-0.25, -0.2) is 9.37 Å². The predicted octanol–water partition coefficient (Wildman–Crippen LogP) is 2.04. The van der Waals surface area contributed by atoms with E-state index in [1.54, 1.807) is 6.07 Å². The monoisotopic (exact) mass is 360 g/mol. The van der Waals surface area contributed by atoms with Crippen LogP contribution in [-0.4, -0.2) is 16.7 Å². The Morgan fingerprint density at radius 3 is 2.94 bits per heavy atom. The van der Waals surface area contributed by atoms with Crippen molar-refractivity contribution in [3.8, 4) is 5.75 Å². The molecule has 2 aromatic rings. The van der Waals surface area contributed by atoms with Crippen LogP contribution in [0.5, 0.6) is 5.75 Å². The van der Waals surface area contributed by atoms with Gasteiger partial charge in [-0.15, -0.1) is 0 Å². The van der Waals surface area contributed by atoms with E-state index in [1.807, 2.05) is 22.6 Å². The lowest BCUT2D eigenvalue weighted by molar-refractivity contribution is 0.386. The van der Waals surface area contributed by atoms with Gasteiger partial charge in [0.2, 0.25) is 0 Å². The van der Waals surface area contributed by atoms with Crippen molar-refractivity contribution in [1.29, 1.82) is 0 Å². The highest BCUT2D eigenvalue weighted by molar-refractivity contribution is 14.1. The Balaban J connectivity index is 2.32. The summed E-state index contributed by atoms with van der Waals surface area (Å²) in [7, 11) is 1.41. The Morgan fingerprint density at radius 2 is 2.28 bits per heavy atom. The Kier molecular flexibility index (Phi) is 3.95. The van der Waals surface area contributed by atoms with E-state index in [9.17, 15) is 9.18 Å². The van der Waals surface area contributed by atoms with Crippen LogP contribution in [0, 0.1) is 9.39 Å². The second-order valence-corrected chi connectivity index (χ2v) is 4.81. The fourth-order valence-electron chi connectivity index (χ4n) is 1.54. The molecule has 0 saturated heterocycles. The lowest BCUT2D eigenvalue weighted by atomic mass is 10.2. The molecule has 0 unspecified atom stereocenters. The number of halogens is 2. The molecule has 0 amide bonds. The van der Waals surface area contributed by atoms with Gasteiger partial charge in [0.15, 0.2) is 11.6 Å². The molecule has 6 heteroatoms. The van der Waals surface area contributed by atoms with Crippen LogP contribution in [0.4, 0.5) is 4.39 Å². The van der Waals surface area contributed by atoms with Crippen molar-refractivity contribution in [2.75, 3.05) is 7.11 Å². The molecule has 1 aromatic heterocycles. The molecule has 4 nitrogen and oxygen atoms in total. The summed E-state index contributed by atoms with van der Waals surface area (Å²) in [5, 5.41) is 0. The van der Waals surface area contributed by atoms with Gasteiger partial charge in [0.25, 0.3) is 5.56 Å². The molecule has 0 bridgehead atoms. The minimum atomic E-state index is -0.443. The third-order valence-electron chi connectivity index (χ3n) is 2.43. The van der Waals surface area contributed by atoms with Gasteiger partial charge >= 0.3 is 0 Å². The maximum absolute atomic E-state index is 13.5. The van der Waals surface area contributed by atoms with Gasteiger partial charge < -0.3 is 4.74 Å². The summed E-state index contributed by atoms with van der Waals surface area (Å²) in [6.07, 6.45) is 2.93. The van der Waals surface area contributed by atoms with Crippen molar-refractivity contribution in [3.05, 3.63) is 56.0 Å². The number of hydrogen-bond acceptors (Lipinski definition) is 3. The van der Waals surface area contributed by atoms with Crippen LogP contribution in [0.2, 0.25) is 0 Å². The largest absolute Gasteiger partial charge is 0.494 e. The van der Waals surface area contributed by atoms with Gasteiger partial charge in [-0.1, -0.05) is 6.07 Å². The van der Waals surface area contributed by atoms with Crippen LogP contribution >= 0.6 is 22.6 Å². The molecule has 0 aliphatic carbocycles. The van der Waals surface area contributed by atoms with Crippen LogP contribution in [0.1, 0.15) is 5.56 Å². The zero-order chi connectivity index (χ0) is 13.1. The van der Waals surface area contributed by atoms with Crippen molar-refractivity contribution in [2.24, 2.45) is 0 Å². The third kappa shape index (κ3) is 2.69. The smallest absolute Gasteiger partial charge is 0.267 e. The summed E-state index contributed by atoms with van der Waals surface area (Å²) >= 11 is 1.92. The van der Waals surface area contributed by atoms with Crippen LogP contribution in [-0.2, 0) is 6.54 Å². The summed E-state index contributed by atoms with van der Waals surface area (Å²) in [6, 6.07) is 4.61. The average Bonchev–Trinajstić information content (AvgIpc) is 2.35. The van der Waals surface area contributed by atoms with Gasteiger partial charge in [-0.2, -0.15) is 0 Å². The van der Waals surface area contributed by atoms with Crippen LogP contribution < -0.4 is 10.3 Å². The molecule has 18 heavy (non-hydrogen) atoms. The van der Waals surface area contributed by atoms with Crippen molar-refractivity contribution in [2.45, 2.75) is 6.54 Å². The van der Waals surface area contributed by atoms with Gasteiger partial charge in [0, 0.05) is 6.20 Å². The molecule has 0 fully saturated rings. The number of methoxy groups -OCH3 is 1. The highest BCUT2D eigenvalue weighted by Crippen LogP contribution is 2.17. The molecule has 94 valence electrons. The first-order chi connectivity index (χ1) is 8.61. The van der Waals surface area contributed by atoms with Gasteiger partial charge in [-0.05, 0) is 40.3 Å². The molecule has 0 aliphatic heterocycles. The van der Waals surface area contributed by atoms with E-state index in [0.717, 1.165) is 0 Å². The fraction of sp³-hybridized carbons (Fsp3) is 0.167. The first-order valence-electron chi connectivity index (χ1n) is 5.14. The molecule has 0 radical (unpaired) electrons. The van der Waals surface area contributed by atoms with Crippen molar-refractivity contribution >= 4 is 22.6 Å². The minimum absolute atomic E-state index is 0.137. The van der Waals surface area contributed by atoms with E-state index in [4.69, 9.17) is 4.74 Å². The van der Waals surface area contributed by atoms with Crippen LogP contribution in [0.25, 0.3) is 0 Å². The Hall–Kier alpha value is -1.44. The third-order valence-corrected chi connectivity index (χ3v) is 3.17. The van der Waals surface area contributed by atoms with E-state index in [0.29, 0.717) is 9.13 Å². The molecular weight excluding hydrogens is 350 g/mol. The summed E-state index contributed by atoms with van der Waals surface area (Å²) in [4.78, 5) is 15.7. The van der Waals surface area contributed by atoms with Crippen molar-refractivity contribution < 1.29 is 9.13 Å². The lowest BCUT2D eigenvalue weighted by Crippen LogP contribution is -2.22. The molecule has 0 atom stereocenters. The number of hydrogen-bond donors (Lipinski definition) is 0. The Bertz CT molecular complexity index is 628. The number of aromatic nitrogens is 2. The highest BCUT2D eigenvalue weighted by Gasteiger charge is 2.06. The molecule has 0 N–H and O–H groups in total. The van der Waals surface area contributed by atoms with E-state index in [-0.39, 0.29) is 17.9 Å². The van der Waals surface area contributed by atoms with E-state index in [2.05, 4.69) is 4.98 Å². The first-order valence-corrected chi connectivity index (χ1v) is 6.22. The molecule has 1 heterocycles. The number of benzene rings is 1. The number of ether oxygens (including phenoxy) is 1. The lowest BCUT2D eigenvalue weighted by Gasteiger charge is -2.07. The topological polar surface area (TPSA) is 44.1 Å². The fourth-order valence-corrected chi connectivity index (χ4v) is 2.01. The zero-order valence-corrected chi connectivity index (χ0v) is 11.7. The second kappa shape index (κ2) is 5.47. The SMILES string of the molecule is COc1ccc(Cn2cncc(I)c2=O)cc1F. The molecular formula is C12H10FIN2O2. The minimum Gasteiger partial charge on any atom is -0.494 e. The Labute approximate surface area is 117 Å². The van der Waals surface area contributed by atoms with Crippen molar-refractivity contribution in [3.63, 3.8) is 0 Å². The van der Waals surface area contributed by atoms with Gasteiger partial charge in [0.05, 0.1) is 23.6 Å². The molecule has 0 saturated carbocycles. The summed E-state index contributed by atoms with van der Waals surface area (Å²) in [5.74, 6) is -0.256. The first kappa shape index (κ1) is 13.0. The quantitative estimate of drug-likeness (QED) is 0.787. The average molecular weight is 360 g/mol. The maximum Gasteiger partial charge on any atom is 0.267 e. The van der Waals surface area contributed by atoms with E-state index in [1.165, 1.54) is 36.3 Å². The van der Waals surface area contributed by atoms with Crippen molar-refractivity contribution in [1.82, 2.24) is 9.55 Å². The van der Waals surface area contributed by atoms with E-state index < -0.39 is 5.82 Å². The number of nitrogens with zero attached hydrogens (tertiary/aromatic N) is 2. The molecule has 0 aliphatic rings. The zero-order valence-electron chi connectivity index (χ0n) is 9.56. The predicted molar refractivity (Wildman–Crippen MR) is 73.3 cm³/mol. The summed E-state index contributed by atoms with van der Waals surface area (Å²) < 4.78 is 20.3. The molecule has 0 spiro atoms.